The van der Waals surface area contributed by atoms with Gasteiger partial charge in [0.15, 0.2) is 0 Å². The van der Waals surface area contributed by atoms with Crippen LogP contribution >= 0.6 is 0 Å². The molecule has 2 aromatic rings. The maximum Gasteiger partial charge on any atom is 0.333 e. The van der Waals surface area contributed by atoms with Crippen LogP contribution in [0.15, 0.2) is 72.8 Å². The van der Waals surface area contributed by atoms with E-state index in [0.29, 0.717) is 11.5 Å². The van der Waals surface area contributed by atoms with Gasteiger partial charge in [-0.1, -0.05) is 51.3 Å². The molecule has 2 aromatic carbocycles. The summed E-state index contributed by atoms with van der Waals surface area (Å²) in [5.74, 6) is 0.0657. The molecule has 0 unspecified atom stereocenters. The molecule has 0 aliphatic heterocycles. The van der Waals surface area contributed by atoms with Gasteiger partial charge in [0.2, 0.25) is 0 Å². The van der Waals surface area contributed by atoms with Crippen LogP contribution in [0.1, 0.15) is 38.8 Å². The first kappa shape index (κ1) is 29.6. The molecule has 0 saturated carbocycles. The topological polar surface area (TPSA) is 112 Å². The van der Waals surface area contributed by atoms with Crippen molar-refractivity contribution in [3.63, 3.8) is 0 Å². The van der Waals surface area contributed by atoms with E-state index in [4.69, 9.17) is 18.9 Å². The summed E-state index contributed by atoms with van der Waals surface area (Å²) < 4.78 is 21.0. The van der Waals surface area contributed by atoms with Crippen molar-refractivity contribution in [1.29, 1.82) is 0 Å². The van der Waals surface area contributed by atoms with Crippen molar-refractivity contribution in [2.45, 2.75) is 45.3 Å². The van der Waals surface area contributed by atoms with Gasteiger partial charge in [0, 0.05) is 16.6 Å². The van der Waals surface area contributed by atoms with Crippen LogP contribution in [0.5, 0.6) is 11.5 Å². The molecule has 2 atom stereocenters. The molecule has 0 heterocycles. The van der Waals surface area contributed by atoms with Crippen molar-refractivity contribution < 1.29 is 38.7 Å². The first-order chi connectivity index (χ1) is 17.4. The number of aliphatic hydroxyl groups excluding tert-OH is 2. The van der Waals surface area contributed by atoms with Gasteiger partial charge in [-0.15, -0.1) is 0 Å². The Balaban J connectivity index is 1.88. The highest BCUT2D eigenvalue weighted by Gasteiger charge is 2.23. The maximum absolute atomic E-state index is 11.4. The summed E-state index contributed by atoms with van der Waals surface area (Å²) in [6.07, 6.45) is -1.90. The zero-order chi connectivity index (χ0) is 27.6. The third kappa shape index (κ3) is 9.40. The van der Waals surface area contributed by atoms with Gasteiger partial charge in [-0.05, 0) is 49.2 Å². The second-order valence-corrected chi connectivity index (χ2v) is 9.36. The molecule has 0 bridgehead atoms. The molecule has 0 saturated heterocycles. The molecule has 8 nitrogen and oxygen atoms in total. The number of aliphatic hydroxyl groups is 2. The Kier molecular flexibility index (Phi) is 10.9. The molecule has 0 aliphatic rings. The van der Waals surface area contributed by atoms with Crippen LogP contribution in [-0.4, -0.2) is 60.8 Å². The number of rotatable bonds is 14. The van der Waals surface area contributed by atoms with Gasteiger partial charge in [-0.25, -0.2) is 9.59 Å². The van der Waals surface area contributed by atoms with Gasteiger partial charge in [0.25, 0.3) is 0 Å². The van der Waals surface area contributed by atoms with Gasteiger partial charge in [-0.3, -0.25) is 0 Å². The predicted molar refractivity (Wildman–Crippen MR) is 140 cm³/mol. The highest BCUT2D eigenvalue weighted by molar-refractivity contribution is 5.87. The van der Waals surface area contributed by atoms with Crippen molar-refractivity contribution in [3.8, 4) is 11.5 Å². The third-order valence-corrected chi connectivity index (χ3v) is 5.55. The molecular weight excluding hydrogens is 476 g/mol. The van der Waals surface area contributed by atoms with Crippen molar-refractivity contribution >= 4 is 11.9 Å². The molecule has 0 fully saturated rings. The van der Waals surface area contributed by atoms with E-state index in [1.54, 1.807) is 0 Å². The van der Waals surface area contributed by atoms with Gasteiger partial charge >= 0.3 is 11.9 Å². The van der Waals surface area contributed by atoms with E-state index < -0.39 is 24.1 Å². The van der Waals surface area contributed by atoms with Crippen LogP contribution < -0.4 is 9.47 Å². The second-order valence-electron chi connectivity index (χ2n) is 9.36. The van der Waals surface area contributed by atoms with Crippen LogP contribution in [0.4, 0.5) is 0 Å². The molecule has 8 heteroatoms. The summed E-state index contributed by atoms with van der Waals surface area (Å²) in [6, 6.07) is 15.1. The number of ether oxygens (including phenoxy) is 4. The van der Waals surface area contributed by atoms with Crippen LogP contribution in [0.3, 0.4) is 0 Å². The molecule has 2 N–H and O–H groups in total. The summed E-state index contributed by atoms with van der Waals surface area (Å²) in [5, 5.41) is 19.9. The molecule has 2 rings (SSSR count). The fraction of sp³-hybridized carbons (Fsp3) is 0.379. The normalized spacial score (nSPS) is 12.7. The Hall–Kier alpha value is -3.62. The van der Waals surface area contributed by atoms with E-state index in [9.17, 15) is 19.8 Å². The van der Waals surface area contributed by atoms with E-state index in [1.807, 2.05) is 48.5 Å². The van der Waals surface area contributed by atoms with Gasteiger partial charge < -0.3 is 29.2 Å². The lowest BCUT2D eigenvalue weighted by atomic mass is 9.78. The SMILES string of the molecule is C=C(C)C(=O)OC[C@@H](O)COc1ccc(C(C)(C)c2ccc(OC[C@H](O)COC(=O)C(=C)C)cc2)cc1. The highest BCUT2D eigenvalue weighted by atomic mass is 16.6. The molecule has 0 radical (unpaired) electrons. The Morgan fingerprint density at radius 3 is 1.32 bits per heavy atom. The lowest BCUT2D eigenvalue weighted by Crippen LogP contribution is -2.25. The average Bonchev–Trinajstić information content (AvgIpc) is 2.88. The van der Waals surface area contributed by atoms with Gasteiger partial charge in [-0.2, -0.15) is 0 Å². The van der Waals surface area contributed by atoms with Gasteiger partial charge in [0.1, 0.15) is 50.1 Å². The quantitative estimate of drug-likeness (QED) is 0.291. The summed E-state index contributed by atoms with van der Waals surface area (Å²) in [7, 11) is 0. The molecule has 37 heavy (non-hydrogen) atoms. The molecule has 200 valence electrons. The first-order valence-corrected chi connectivity index (χ1v) is 11.9. The number of benzene rings is 2. The molecule has 0 aromatic heterocycles. The number of hydrogen-bond donors (Lipinski definition) is 2. The van der Waals surface area contributed by atoms with E-state index >= 15 is 0 Å². The molecule has 0 aliphatic carbocycles. The standard InChI is InChI=1S/C29H36O8/c1-19(2)27(32)36-17-23(30)15-34-25-11-7-21(8-12-25)29(5,6)22-9-13-26(14-10-22)35-16-24(31)18-37-28(33)20(3)4/h7-14,23-24,30-31H,1,3,15-18H2,2,4-6H3/t23-,24-/m0/s1. The Morgan fingerprint density at radius 1 is 0.703 bits per heavy atom. The average molecular weight is 513 g/mol. The molecule has 0 spiro atoms. The summed E-state index contributed by atoms with van der Waals surface area (Å²) in [5.41, 5.74) is 2.33. The molecule has 0 amide bonds. The maximum atomic E-state index is 11.4. The van der Waals surface area contributed by atoms with Gasteiger partial charge in [0.05, 0.1) is 0 Å². The van der Waals surface area contributed by atoms with Crippen LogP contribution in [0.2, 0.25) is 0 Å². The van der Waals surface area contributed by atoms with E-state index in [2.05, 4.69) is 27.0 Å². The number of carbonyl (C=O) groups is 2. The van der Waals surface area contributed by atoms with Crippen molar-refractivity contribution in [2.24, 2.45) is 0 Å². The van der Waals surface area contributed by atoms with Crippen LogP contribution in [0, 0.1) is 0 Å². The zero-order valence-electron chi connectivity index (χ0n) is 21.9. The van der Waals surface area contributed by atoms with Crippen molar-refractivity contribution in [2.75, 3.05) is 26.4 Å². The minimum absolute atomic E-state index is 0.0152. The lowest BCUT2D eigenvalue weighted by Gasteiger charge is -2.26. The minimum atomic E-state index is -0.951. The predicted octanol–water partition coefficient (Wildman–Crippen LogP) is 3.73. The Bertz CT molecular complexity index is 985. The zero-order valence-corrected chi connectivity index (χ0v) is 21.9. The summed E-state index contributed by atoms with van der Waals surface area (Å²) in [6.45, 7) is 13.9. The van der Waals surface area contributed by atoms with E-state index in [-0.39, 0.29) is 43.0 Å². The smallest absolute Gasteiger partial charge is 0.333 e. The first-order valence-electron chi connectivity index (χ1n) is 11.9. The number of carbonyl (C=O) groups excluding carboxylic acids is 2. The van der Waals surface area contributed by atoms with E-state index in [1.165, 1.54) is 13.8 Å². The number of hydrogen-bond acceptors (Lipinski definition) is 8. The summed E-state index contributed by atoms with van der Waals surface area (Å²) in [4.78, 5) is 22.8. The van der Waals surface area contributed by atoms with Crippen molar-refractivity contribution in [3.05, 3.63) is 84.0 Å². The fourth-order valence-corrected chi connectivity index (χ4v) is 3.17. The number of esters is 2. The summed E-state index contributed by atoms with van der Waals surface area (Å²) >= 11 is 0. The Labute approximate surface area is 218 Å². The largest absolute Gasteiger partial charge is 0.491 e. The lowest BCUT2D eigenvalue weighted by molar-refractivity contribution is -0.143. The molecular formula is C29H36O8. The Morgan fingerprint density at radius 2 is 1.03 bits per heavy atom. The van der Waals surface area contributed by atoms with Crippen LogP contribution in [0.25, 0.3) is 0 Å². The van der Waals surface area contributed by atoms with E-state index in [0.717, 1.165) is 11.1 Å². The monoisotopic (exact) mass is 512 g/mol. The van der Waals surface area contributed by atoms with Crippen LogP contribution in [-0.2, 0) is 24.5 Å². The second kappa shape index (κ2) is 13.6. The fourth-order valence-electron chi connectivity index (χ4n) is 3.17. The minimum Gasteiger partial charge on any atom is -0.491 e. The third-order valence-electron chi connectivity index (χ3n) is 5.55. The highest BCUT2D eigenvalue weighted by Crippen LogP contribution is 2.33. The van der Waals surface area contributed by atoms with Crippen molar-refractivity contribution in [1.82, 2.24) is 0 Å².